The van der Waals surface area contributed by atoms with Crippen molar-refractivity contribution in [3.63, 3.8) is 0 Å². The summed E-state index contributed by atoms with van der Waals surface area (Å²) in [6.07, 6.45) is 0. The van der Waals surface area contributed by atoms with E-state index in [1.54, 1.807) is 14.0 Å². The van der Waals surface area contributed by atoms with E-state index in [4.69, 9.17) is 9.47 Å². The van der Waals surface area contributed by atoms with Crippen molar-refractivity contribution in [3.8, 4) is 5.75 Å². The fraction of sp³-hybridized carbons (Fsp3) is 0.385. The van der Waals surface area contributed by atoms with Crippen molar-refractivity contribution in [2.75, 3.05) is 51.3 Å². The number of aryl methyl sites for hydroxylation is 1. The van der Waals surface area contributed by atoms with Gasteiger partial charge in [0, 0.05) is 44.1 Å². The third-order valence-electron chi connectivity index (χ3n) is 6.31. The third kappa shape index (κ3) is 5.17. The number of amides is 2. The van der Waals surface area contributed by atoms with Gasteiger partial charge in [0.1, 0.15) is 5.75 Å². The van der Waals surface area contributed by atoms with Crippen molar-refractivity contribution in [3.05, 3.63) is 70.9 Å². The van der Waals surface area contributed by atoms with E-state index in [1.165, 1.54) is 11.3 Å². The Morgan fingerprint density at radius 1 is 1.06 bits per heavy atom. The first-order valence-electron chi connectivity index (χ1n) is 11.6. The highest BCUT2D eigenvalue weighted by Gasteiger charge is 2.34. The molecule has 1 saturated heterocycles. The molecule has 180 valence electrons. The molecule has 2 aromatic rings. The van der Waals surface area contributed by atoms with Crippen LogP contribution in [0.1, 0.15) is 24.1 Å². The maximum Gasteiger partial charge on any atom is 0.338 e. The number of carbonyl (C=O) groups excluding carboxylic acids is 2. The fourth-order valence-electron chi connectivity index (χ4n) is 4.53. The molecule has 0 bridgehead atoms. The lowest BCUT2D eigenvalue weighted by Gasteiger charge is -2.38. The summed E-state index contributed by atoms with van der Waals surface area (Å²) in [5, 5.41) is 5.76. The lowest BCUT2D eigenvalue weighted by Crippen LogP contribution is -2.52. The van der Waals surface area contributed by atoms with E-state index < -0.39 is 12.0 Å². The number of esters is 1. The first-order valence-corrected chi connectivity index (χ1v) is 11.6. The number of piperazine rings is 1. The van der Waals surface area contributed by atoms with E-state index in [2.05, 4.69) is 51.6 Å². The highest BCUT2D eigenvalue weighted by atomic mass is 16.5. The van der Waals surface area contributed by atoms with Crippen molar-refractivity contribution in [2.45, 2.75) is 19.9 Å². The minimum atomic E-state index is -0.595. The van der Waals surface area contributed by atoms with Gasteiger partial charge in [0.25, 0.3) is 0 Å². The summed E-state index contributed by atoms with van der Waals surface area (Å²) >= 11 is 0. The van der Waals surface area contributed by atoms with Gasteiger partial charge in [0.2, 0.25) is 0 Å². The first-order chi connectivity index (χ1) is 16.5. The van der Waals surface area contributed by atoms with Gasteiger partial charge in [-0.15, -0.1) is 0 Å². The van der Waals surface area contributed by atoms with E-state index in [0.717, 1.165) is 31.7 Å². The molecule has 2 aliphatic heterocycles. The van der Waals surface area contributed by atoms with Crippen molar-refractivity contribution >= 4 is 17.7 Å². The van der Waals surface area contributed by atoms with Crippen LogP contribution in [0.5, 0.6) is 5.75 Å². The zero-order chi connectivity index (χ0) is 24.1. The van der Waals surface area contributed by atoms with E-state index >= 15 is 0 Å². The molecule has 34 heavy (non-hydrogen) atoms. The fourth-order valence-corrected chi connectivity index (χ4v) is 4.53. The summed E-state index contributed by atoms with van der Waals surface area (Å²) in [6, 6.07) is 14.8. The number of rotatable bonds is 7. The molecule has 1 atom stereocenters. The highest BCUT2D eigenvalue weighted by Crippen LogP contribution is 2.30. The van der Waals surface area contributed by atoms with Crippen LogP contribution in [0.25, 0.3) is 0 Å². The van der Waals surface area contributed by atoms with E-state index in [-0.39, 0.29) is 12.6 Å². The number of para-hydroxylation sites is 1. The van der Waals surface area contributed by atoms with Crippen molar-refractivity contribution in [1.29, 1.82) is 0 Å². The summed E-state index contributed by atoms with van der Waals surface area (Å²) in [5.41, 5.74) is 4.33. The number of urea groups is 1. The van der Waals surface area contributed by atoms with Crippen LogP contribution >= 0.6 is 0 Å². The van der Waals surface area contributed by atoms with Crippen LogP contribution < -0.4 is 20.3 Å². The average Bonchev–Trinajstić information content (AvgIpc) is 2.85. The number of benzene rings is 2. The van der Waals surface area contributed by atoms with Gasteiger partial charge in [-0.1, -0.05) is 30.3 Å². The smallest absolute Gasteiger partial charge is 0.338 e. The molecule has 0 saturated carbocycles. The Kier molecular flexibility index (Phi) is 7.37. The summed E-state index contributed by atoms with van der Waals surface area (Å²) in [7, 11) is 1.60. The Morgan fingerprint density at radius 3 is 2.41 bits per heavy atom. The maximum absolute atomic E-state index is 13.0. The first kappa shape index (κ1) is 23.6. The summed E-state index contributed by atoms with van der Waals surface area (Å²) < 4.78 is 10.6. The molecule has 0 spiro atoms. The minimum absolute atomic E-state index is 0.258. The second-order valence-electron chi connectivity index (χ2n) is 8.47. The Morgan fingerprint density at radius 2 is 1.76 bits per heavy atom. The molecule has 4 rings (SSSR count). The lowest BCUT2D eigenvalue weighted by molar-refractivity contribution is -0.139. The molecular weight excluding hydrogens is 432 g/mol. The lowest BCUT2D eigenvalue weighted by atomic mass is 9.94. The van der Waals surface area contributed by atoms with Gasteiger partial charge in [-0.25, -0.2) is 9.59 Å². The van der Waals surface area contributed by atoms with Crippen LogP contribution in [0, 0.1) is 6.92 Å². The zero-order valence-corrected chi connectivity index (χ0v) is 20.0. The van der Waals surface area contributed by atoms with Crippen molar-refractivity contribution in [1.82, 2.24) is 15.5 Å². The molecule has 0 aromatic heterocycles. The second-order valence-corrected chi connectivity index (χ2v) is 8.47. The highest BCUT2D eigenvalue weighted by molar-refractivity contribution is 5.95. The number of hydrogen-bond acceptors (Lipinski definition) is 6. The maximum atomic E-state index is 13.0. The monoisotopic (exact) mass is 464 g/mol. The van der Waals surface area contributed by atoms with Gasteiger partial charge >= 0.3 is 12.0 Å². The van der Waals surface area contributed by atoms with Crippen LogP contribution in [-0.2, 0) is 9.53 Å². The van der Waals surface area contributed by atoms with Gasteiger partial charge in [0.05, 0.1) is 25.3 Å². The van der Waals surface area contributed by atoms with Crippen LogP contribution in [0.2, 0.25) is 0 Å². The van der Waals surface area contributed by atoms with Crippen LogP contribution in [0.3, 0.4) is 0 Å². The molecule has 2 amide bonds. The quantitative estimate of drug-likeness (QED) is 0.613. The van der Waals surface area contributed by atoms with Crippen LogP contribution in [0.4, 0.5) is 10.5 Å². The molecule has 1 unspecified atom stereocenters. The number of anilines is 1. The standard InChI is InChI=1S/C26H32N4O4/c1-4-34-25(31)23-21(27-26(32)28-24(23)19-9-11-20(33-3)12-10-19)17-29-13-15-30(16-14-29)22-8-6-5-7-18(22)2/h5-12,24H,4,13-17H2,1-3H3,(H2,27,28,32). The van der Waals surface area contributed by atoms with Gasteiger partial charge < -0.3 is 25.0 Å². The number of ether oxygens (including phenoxy) is 2. The van der Waals surface area contributed by atoms with Gasteiger partial charge in [-0.3, -0.25) is 4.90 Å². The molecule has 0 aliphatic carbocycles. The van der Waals surface area contributed by atoms with Gasteiger partial charge in [0.15, 0.2) is 0 Å². The largest absolute Gasteiger partial charge is 0.497 e. The molecule has 2 aromatic carbocycles. The molecule has 1 fully saturated rings. The predicted octanol–water partition coefficient (Wildman–Crippen LogP) is 3.00. The summed E-state index contributed by atoms with van der Waals surface area (Å²) in [6.45, 7) is 8.03. The van der Waals surface area contributed by atoms with Gasteiger partial charge in [-0.05, 0) is 43.2 Å². The molecule has 2 N–H and O–H groups in total. The Labute approximate surface area is 200 Å². The number of methoxy groups -OCH3 is 1. The van der Waals surface area contributed by atoms with Crippen molar-refractivity contribution in [2.24, 2.45) is 0 Å². The van der Waals surface area contributed by atoms with E-state index in [0.29, 0.717) is 23.6 Å². The second kappa shape index (κ2) is 10.6. The van der Waals surface area contributed by atoms with Crippen LogP contribution in [0.15, 0.2) is 59.8 Å². The number of nitrogens with one attached hydrogen (secondary N) is 2. The Bertz CT molecular complexity index is 1060. The molecular formula is C26H32N4O4. The molecule has 2 aliphatic rings. The van der Waals surface area contributed by atoms with Crippen molar-refractivity contribution < 1.29 is 19.1 Å². The predicted molar refractivity (Wildman–Crippen MR) is 131 cm³/mol. The Balaban J connectivity index is 1.56. The SMILES string of the molecule is CCOC(=O)C1=C(CN2CCN(c3ccccc3C)CC2)NC(=O)NC1c1ccc(OC)cc1. The van der Waals surface area contributed by atoms with Crippen LogP contribution in [-0.4, -0.2) is 63.3 Å². The molecule has 8 heteroatoms. The minimum Gasteiger partial charge on any atom is -0.497 e. The van der Waals surface area contributed by atoms with E-state index in [1.807, 2.05) is 24.3 Å². The molecule has 0 radical (unpaired) electrons. The summed E-state index contributed by atoms with van der Waals surface area (Å²) in [5.74, 6) is 0.279. The number of hydrogen-bond donors (Lipinski definition) is 2. The normalized spacial score (nSPS) is 18.9. The zero-order valence-electron chi connectivity index (χ0n) is 20.0. The molecule has 8 nitrogen and oxygen atoms in total. The Hall–Kier alpha value is -3.52. The summed E-state index contributed by atoms with van der Waals surface area (Å²) in [4.78, 5) is 30.2. The topological polar surface area (TPSA) is 83.1 Å². The van der Waals surface area contributed by atoms with E-state index in [9.17, 15) is 9.59 Å². The molecule has 2 heterocycles. The average molecular weight is 465 g/mol. The third-order valence-corrected chi connectivity index (χ3v) is 6.31. The number of carbonyl (C=O) groups is 2. The van der Waals surface area contributed by atoms with Gasteiger partial charge in [-0.2, -0.15) is 0 Å². The number of nitrogens with zero attached hydrogens (tertiary/aromatic N) is 2.